The van der Waals surface area contributed by atoms with Gasteiger partial charge in [0.2, 0.25) is 5.91 Å². The molecule has 24 heavy (non-hydrogen) atoms. The smallest absolute Gasteiger partial charge is 0.441 e. The van der Waals surface area contributed by atoms with E-state index in [2.05, 4.69) is 4.74 Å². The number of ether oxygens (including phenoxy) is 1. The number of nitrogens with one attached hydrogen (secondary N) is 2. The highest BCUT2D eigenvalue weighted by Crippen LogP contribution is 2.33. The van der Waals surface area contributed by atoms with Gasteiger partial charge in [0.1, 0.15) is 0 Å². The number of hydrogen-bond donors (Lipinski definition) is 2. The summed E-state index contributed by atoms with van der Waals surface area (Å²) >= 11 is 0. The zero-order valence-corrected chi connectivity index (χ0v) is 13.3. The van der Waals surface area contributed by atoms with E-state index in [0.717, 1.165) is 13.0 Å². The summed E-state index contributed by atoms with van der Waals surface area (Å²) in [4.78, 5) is 34.6. The van der Waals surface area contributed by atoms with Crippen LogP contribution in [0.4, 0.5) is 18.9 Å². The van der Waals surface area contributed by atoms with Crippen molar-refractivity contribution < 1.29 is 32.3 Å². The standard InChI is InChI=1S/C15H17F3N2O4/c1-4-24-13(23)14(15(16,17)18,19-10(3)22)20-12-7-5-6-11(8-12)9(2)21/h5-8,20H,4H2,1-3H3,(H,19,22)/t14-/m0/s1. The molecule has 0 heterocycles. The number of hydrogen-bond acceptors (Lipinski definition) is 5. The van der Waals surface area contributed by atoms with E-state index >= 15 is 0 Å². The molecule has 0 spiro atoms. The van der Waals surface area contributed by atoms with Gasteiger partial charge in [-0.1, -0.05) is 12.1 Å². The first-order valence-corrected chi connectivity index (χ1v) is 6.95. The highest BCUT2D eigenvalue weighted by molar-refractivity contribution is 5.95. The summed E-state index contributed by atoms with van der Waals surface area (Å²) in [5, 5.41) is 3.54. The Balaban J connectivity index is 3.40. The Bertz CT molecular complexity index is 646. The van der Waals surface area contributed by atoms with Crippen LogP contribution in [-0.2, 0) is 14.3 Å². The second-order valence-electron chi connectivity index (χ2n) is 4.91. The van der Waals surface area contributed by atoms with E-state index in [0.29, 0.717) is 0 Å². The van der Waals surface area contributed by atoms with Crippen molar-refractivity contribution in [2.24, 2.45) is 0 Å². The van der Waals surface area contributed by atoms with Gasteiger partial charge in [-0.25, -0.2) is 4.79 Å². The molecule has 0 bridgehead atoms. The molecule has 6 nitrogen and oxygen atoms in total. The first kappa shape index (κ1) is 19.5. The van der Waals surface area contributed by atoms with Crippen LogP contribution < -0.4 is 10.6 Å². The van der Waals surface area contributed by atoms with Crippen molar-refractivity contribution in [3.05, 3.63) is 29.8 Å². The lowest BCUT2D eigenvalue weighted by Gasteiger charge is -2.35. The number of anilines is 1. The van der Waals surface area contributed by atoms with E-state index in [-0.39, 0.29) is 23.6 Å². The number of rotatable bonds is 6. The van der Waals surface area contributed by atoms with Crippen molar-refractivity contribution >= 4 is 23.3 Å². The molecule has 0 radical (unpaired) electrons. The molecule has 1 amide bonds. The molecule has 1 atom stereocenters. The topological polar surface area (TPSA) is 84.5 Å². The Hall–Kier alpha value is -2.58. The van der Waals surface area contributed by atoms with Gasteiger partial charge in [0, 0.05) is 18.2 Å². The quantitative estimate of drug-likeness (QED) is 0.469. The maximum absolute atomic E-state index is 13.6. The van der Waals surface area contributed by atoms with Gasteiger partial charge in [0.05, 0.1) is 6.61 Å². The largest absolute Gasteiger partial charge is 0.463 e. The fourth-order valence-corrected chi connectivity index (χ4v) is 1.93. The molecule has 0 saturated heterocycles. The first-order valence-electron chi connectivity index (χ1n) is 6.95. The Kier molecular flexibility index (Phi) is 5.94. The lowest BCUT2D eigenvalue weighted by atomic mass is 10.1. The van der Waals surface area contributed by atoms with Gasteiger partial charge in [0.15, 0.2) is 5.78 Å². The van der Waals surface area contributed by atoms with Crippen LogP contribution in [0.5, 0.6) is 0 Å². The third-order valence-corrected chi connectivity index (χ3v) is 2.97. The van der Waals surface area contributed by atoms with Crippen LogP contribution in [0.3, 0.4) is 0 Å². The third-order valence-electron chi connectivity index (χ3n) is 2.97. The van der Waals surface area contributed by atoms with E-state index in [1.807, 2.05) is 5.32 Å². The molecule has 1 aromatic carbocycles. The van der Waals surface area contributed by atoms with Crippen molar-refractivity contribution in [2.45, 2.75) is 32.6 Å². The molecule has 0 aliphatic heterocycles. The maximum Gasteiger partial charge on any atom is 0.441 e. The number of ketones is 1. The average molecular weight is 346 g/mol. The number of benzene rings is 1. The van der Waals surface area contributed by atoms with E-state index in [1.165, 1.54) is 32.0 Å². The predicted molar refractivity (Wildman–Crippen MR) is 79.3 cm³/mol. The van der Waals surface area contributed by atoms with Crippen LogP contribution in [0, 0.1) is 0 Å². The number of carbonyl (C=O) groups is 3. The number of carbonyl (C=O) groups excluding carboxylic acids is 3. The lowest BCUT2D eigenvalue weighted by Crippen LogP contribution is -2.69. The fraction of sp³-hybridized carbons (Fsp3) is 0.400. The molecule has 0 aromatic heterocycles. The summed E-state index contributed by atoms with van der Waals surface area (Å²) in [6.07, 6.45) is -5.20. The van der Waals surface area contributed by atoms with Crippen LogP contribution in [0.1, 0.15) is 31.1 Å². The van der Waals surface area contributed by atoms with Gasteiger partial charge in [0.25, 0.3) is 0 Å². The van der Waals surface area contributed by atoms with Gasteiger partial charge in [-0.05, 0) is 26.0 Å². The molecule has 0 unspecified atom stereocenters. The van der Waals surface area contributed by atoms with Gasteiger partial charge in [-0.15, -0.1) is 0 Å². The highest BCUT2D eigenvalue weighted by Gasteiger charge is 2.63. The van der Waals surface area contributed by atoms with Crippen LogP contribution in [0.2, 0.25) is 0 Å². The number of Topliss-reactive ketones (excluding diaryl/α,β-unsaturated/α-hetero) is 1. The van der Waals surface area contributed by atoms with Crippen LogP contribution in [-0.4, -0.2) is 36.1 Å². The Labute approximate surface area is 136 Å². The monoisotopic (exact) mass is 346 g/mol. The molecule has 9 heteroatoms. The molecule has 0 aliphatic carbocycles. The SMILES string of the molecule is CCOC(=O)[C@](NC(C)=O)(Nc1cccc(C(C)=O)c1)C(F)(F)F. The minimum Gasteiger partial charge on any atom is -0.463 e. The number of amides is 1. The summed E-state index contributed by atoms with van der Waals surface area (Å²) in [5.74, 6) is -3.16. The van der Waals surface area contributed by atoms with Crippen molar-refractivity contribution in [3.63, 3.8) is 0 Å². The number of esters is 1. The number of halogens is 3. The minimum atomic E-state index is -5.20. The first-order chi connectivity index (χ1) is 11.0. The lowest BCUT2D eigenvalue weighted by molar-refractivity contribution is -0.207. The average Bonchev–Trinajstić information content (AvgIpc) is 2.45. The summed E-state index contributed by atoms with van der Waals surface area (Å²) in [6.45, 7) is 3.11. The van der Waals surface area contributed by atoms with Crippen molar-refractivity contribution in [2.75, 3.05) is 11.9 Å². The molecule has 0 aliphatic rings. The molecule has 2 N–H and O–H groups in total. The molecule has 132 valence electrons. The summed E-state index contributed by atoms with van der Waals surface area (Å²) in [5.41, 5.74) is -3.51. The molecular weight excluding hydrogens is 329 g/mol. The van der Waals surface area contributed by atoms with Gasteiger partial charge in [-0.3, -0.25) is 9.59 Å². The predicted octanol–water partition coefficient (Wildman–Crippen LogP) is 2.26. The molecule has 0 fully saturated rings. The Morgan fingerprint density at radius 1 is 1.17 bits per heavy atom. The second-order valence-corrected chi connectivity index (χ2v) is 4.91. The van der Waals surface area contributed by atoms with Crippen molar-refractivity contribution in [3.8, 4) is 0 Å². The van der Waals surface area contributed by atoms with Gasteiger partial charge >= 0.3 is 17.8 Å². The van der Waals surface area contributed by atoms with Gasteiger partial charge in [-0.2, -0.15) is 13.2 Å². The third kappa shape index (κ3) is 4.24. The Morgan fingerprint density at radius 3 is 2.25 bits per heavy atom. The van der Waals surface area contributed by atoms with Crippen molar-refractivity contribution in [1.82, 2.24) is 5.32 Å². The summed E-state index contributed by atoms with van der Waals surface area (Å²) < 4.78 is 45.3. The van der Waals surface area contributed by atoms with Crippen molar-refractivity contribution in [1.29, 1.82) is 0 Å². The normalized spacial score (nSPS) is 13.6. The number of alkyl halides is 3. The molecular formula is C15H17F3N2O4. The zero-order chi connectivity index (χ0) is 18.5. The Morgan fingerprint density at radius 2 is 1.79 bits per heavy atom. The zero-order valence-electron chi connectivity index (χ0n) is 13.3. The van der Waals surface area contributed by atoms with Gasteiger partial charge < -0.3 is 15.4 Å². The van der Waals surface area contributed by atoms with E-state index in [9.17, 15) is 27.6 Å². The summed E-state index contributed by atoms with van der Waals surface area (Å²) in [7, 11) is 0. The van der Waals surface area contributed by atoms with E-state index < -0.39 is 23.7 Å². The van der Waals surface area contributed by atoms with Crippen LogP contribution in [0.25, 0.3) is 0 Å². The molecule has 0 saturated carbocycles. The molecule has 1 rings (SSSR count). The second kappa shape index (κ2) is 7.33. The molecule has 1 aromatic rings. The van der Waals surface area contributed by atoms with Crippen LogP contribution >= 0.6 is 0 Å². The maximum atomic E-state index is 13.6. The van der Waals surface area contributed by atoms with E-state index in [1.54, 1.807) is 5.32 Å². The minimum absolute atomic E-state index is 0.141. The van der Waals surface area contributed by atoms with E-state index in [4.69, 9.17) is 0 Å². The fourth-order valence-electron chi connectivity index (χ4n) is 1.93. The van der Waals surface area contributed by atoms with Crippen LogP contribution in [0.15, 0.2) is 24.3 Å². The summed E-state index contributed by atoms with van der Waals surface area (Å²) in [6, 6.07) is 5.13. The highest BCUT2D eigenvalue weighted by atomic mass is 19.4.